The fourth-order valence-corrected chi connectivity index (χ4v) is 2.23. The Bertz CT molecular complexity index is 382. The number of anilines is 1. The van der Waals surface area contributed by atoms with Crippen molar-refractivity contribution < 1.29 is 4.79 Å². The van der Waals surface area contributed by atoms with E-state index in [2.05, 4.69) is 32.0 Å². The summed E-state index contributed by atoms with van der Waals surface area (Å²) >= 11 is 1.37. The van der Waals surface area contributed by atoms with Crippen LogP contribution < -0.4 is 10.6 Å². The van der Waals surface area contributed by atoms with E-state index in [0.717, 1.165) is 30.2 Å². The molecule has 0 radical (unpaired) electrons. The lowest BCUT2D eigenvalue weighted by Gasteiger charge is -2.18. The first-order valence-electron chi connectivity index (χ1n) is 6.75. The fourth-order valence-electron chi connectivity index (χ4n) is 1.63. The standard InChI is InChI=1S/C12H23N5OS/c1-4-7-14-12-10(15-16-19-12)8-17(6-3)9-11(18)13-5-2/h14H,4-9H2,1-3H3,(H,13,18). The van der Waals surface area contributed by atoms with Crippen LogP contribution in [0.2, 0.25) is 0 Å². The lowest BCUT2D eigenvalue weighted by Crippen LogP contribution is -2.36. The summed E-state index contributed by atoms with van der Waals surface area (Å²) in [6.07, 6.45) is 1.06. The van der Waals surface area contributed by atoms with Crippen LogP contribution >= 0.6 is 11.5 Å². The van der Waals surface area contributed by atoms with Crippen LogP contribution in [-0.2, 0) is 11.3 Å². The van der Waals surface area contributed by atoms with Gasteiger partial charge in [0.15, 0.2) is 0 Å². The number of hydrogen-bond donors (Lipinski definition) is 2. The monoisotopic (exact) mass is 285 g/mol. The number of amides is 1. The molecule has 1 amide bonds. The topological polar surface area (TPSA) is 70.2 Å². The number of likely N-dealkylation sites (N-methyl/N-ethyl adjacent to an activating group) is 2. The maximum absolute atomic E-state index is 11.6. The number of rotatable bonds is 9. The van der Waals surface area contributed by atoms with Crippen molar-refractivity contribution in [2.75, 3.05) is 31.5 Å². The summed E-state index contributed by atoms with van der Waals surface area (Å²) in [5.74, 6) is 0.0515. The second-order valence-corrected chi connectivity index (χ2v) is 4.99. The van der Waals surface area contributed by atoms with Crippen molar-refractivity contribution in [3.05, 3.63) is 5.69 Å². The Morgan fingerprint density at radius 1 is 1.37 bits per heavy atom. The predicted molar refractivity (Wildman–Crippen MR) is 78.3 cm³/mol. The SMILES string of the molecule is CCCNc1snnc1CN(CC)CC(=O)NCC. The zero-order chi connectivity index (χ0) is 14.1. The number of nitrogens with zero attached hydrogens (tertiary/aromatic N) is 3. The van der Waals surface area contributed by atoms with Crippen LogP contribution in [0, 0.1) is 0 Å². The molecule has 0 bridgehead atoms. The van der Waals surface area contributed by atoms with Crippen LogP contribution in [0.15, 0.2) is 0 Å². The molecule has 0 atom stereocenters. The molecule has 0 aromatic carbocycles. The van der Waals surface area contributed by atoms with Crippen molar-refractivity contribution in [2.45, 2.75) is 33.7 Å². The van der Waals surface area contributed by atoms with E-state index in [1.807, 2.05) is 13.8 Å². The molecule has 1 aromatic rings. The summed E-state index contributed by atoms with van der Waals surface area (Å²) in [4.78, 5) is 13.7. The van der Waals surface area contributed by atoms with Gasteiger partial charge in [-0.2, -0.15) is 0 Å². The molecule has 1 rings (SSSR count). The number of aromatic nitrogens is 2. The third-order valence-corrected chi connectivity index (χ3v) is 3.38. The van der Waals surface area contributed by atoms with Gasteiger partial charge in [-0.3, -0.25) is 9.69 Å². The van der Waals surface area contributed by atoms with Crippen molar-refractivity contribution in [1.29, 1.82) is 0 Å². The lowest BCUT2D eigenvalue weighted by molar-refractivity contribution is -0.122. The first kappa shape index (κ1) is 15.8. The third-order valence-electron chi connectivity index (χ3n) is 2.65. The Labute approximate surface area is 118 Å². The summed E-state index contributed by atoms with van der Waals surface area (Å²) < 4.78 is 3.98. The van der Waals surface area contributed by atoms with Gasteiger partial charge >= 0.3 is 0 Å². The van der Waals surface area contributed by atoms with Gasteiger partial charge in [-0.1, -0.05) is 18.3 Å². The van der Waals surface area contributed by atoms with E-state index in [-0.39, 0.29) is 5.91 Å². The average Bonchev–Trinajstić information content (AvgIpc) is 2.83. The van der Waals surface area contributed by atoms with Gasteiger partial charge in [-0.25, -0.2) is 0 Å². The summed E-state index contributed by atoms with van der Waals surface area (Å²) in [5.41, 5.74) is 0.921. The highest BCUT2D eigenvalue weighted by Gasteiger charge is 2.14. The van der Waals surface area contributed by atoms with E-state index in [1.165, 1.54) is 11.5 Å². The van der Waals surface area contributed by atoms with E-state index in [4.69, 9.17) is 0 Å². The Kier molecular flexibility index (Phi) is 7.35. The molecular weight excluding hydrogens is 262 g/mol. The van der Waals surface area contributed by atoms with Crippen LogP contribution in [0.3, 0.4) is 0 Å². The van der Waals surface area contributed by atoms with Crippen LogP contribution in [0.1, 0.15) is 32.9 Å². The third kappa shape index (κ3) is 5.52. The first-order valence-corrected chi connectivity index (χ1v) is 7.52. The highest BCUT2D eigenvalue weighted by molar-refractivity contribution is 7.10. The smallest absolute Gasteiger partial charge is 0.234 e. The van der Waals surface area contributed by atoms with Crippen molar-refractivity contribution in [1.82, 2.24) is 19.8 Å². The number of carbonyl (C=O) groups is 1. The maximum Gasteiger partial charge on any atom is 0.234 e. The number of carbonyl (C=O) groups excluding carboxylic acids is 1. The van der Waals surface area contributed by atoms with Gasteiger partial charge in [0.05, 0.1) is 6.54 Å². The molecule has 0 saturated carbocycles. The molecule has 0 aliphatic heterocycles. The summed E-state index contributed by atoms with van der Waals surface area (Å²) in [6.45, 7) is 9.52. The second kappa shape index (κ2) is 8.82. The first-order chi connectivity index (χ1) is 9.21. The minimum atomic E-state index is 0.0515. The molecule has 6 nitrogen and oxygen atoms in total. The molecule has 0 aliphatic carbocycles. The Hall–Kier alpha value is -1.21. The summed E-state index contributed by atoms with van der Waals surface area (Å²) in [5, 5.41) is 11.3. The molecule has 108 valence electrons. The summed E-state index contributed by atoms with van der Waals surface area (Å²) in [6, 6.07) is 0. The second-order valence-electron chi connectivity index (χ2n) is 4.23. The zero-order valence-corrected chi connectivity index (χ0v) is 12.7. The van der Waals surface area contributed by atoms with Crippen molar-refractivity contribution in [2.24, 2.45) is 0 Å². The van der Waals surface area contributed by atoms with Crippen LogP contribution in [0.4, 0.5) is 5.00 Å². The normalized spacial score (nSPS) is 10.7. The van der Waals surface area contributed by atoms with E-state index < -0.39 is 0 Å². The maximum atomic E-state index is 11.6. The Balaban J connectivity index is 2.55. The Morgan fingerprint density at radius 2 is 2.16 bits per heavy atom. The largest absolute Gasteiger partial charge is 0.374 e. The van der Waals surface area contributed by atoms with Crippen molar-refractivity contribution >= 4 is 22.4 Å². The van der Waals surface area contributed by atoms with Gasteiger partial charge in [-0.15, -0.1) is 5.10 Å². The highest BCUT2D eigenvalue weighted by Crippen LogP contribution is 2.19. The van der Waals surface area contributed by atoms with E-state index >= 15 is 0 Å². The van der Waals surface area contributed by atoms with Gasteiger partial charge in [-0.05, 0) is 19.9 Å². The quantitative estimate of drug-likeness (QED) is 0.716. The molecule has 0 unspecified atom stereocenters. The molecule has 7 heteroatoms. The minimum Gasteiger partial charge on any atom is -0.374 e. The fraction of sp³-hybridized carbons (Fsp3) is 0.750. The predicted octanol–water partition coefficient (Wildman–Crippen LogP) is 1.32. The van der Waals surface area contributed by atoms with Crippen LogP contribution in [-0.4, -0.2) is 46.6 Å². The lowest BCUT2D eigenvalue weighted by atomic mass is 10.3. The average molecular weight is 285 g/mol. The number of hydrogen-bond acceptors (Lipinski definition) is 6. The van der Waals surface area contributed by atoms with E-state index in [0.29, 0.717) is 19.6 Å². The van der Waals surface area contributed by atoms with Gasteiger partial charge in [0.1, 0.15) is 10.7 Å². The molecule has 0 saturated heterocycles. The molecule has 19 heavy (non-hydrogen) atoms. The molecule has 0 fully saturated rings. The molecule has 2 N–H and O–H groups in total. The molecule has 1 heterocycles. The van der Waals surface area contributed by atoms with Crippen molar-refractivity contribution in [3.63, 3.8) is 0 Å². The molecular formula is C12H23N5OS. The van der Waals surface area contributed by atoms with E-state index in [1.54, 1.807) is 0 Å². The van der Waals surface area contributed by atoms with Crippen molar-refractivity contribution in [3.8, 4) is 0 Å². The highest BCUT2D eigenvalue weighted by atomic mass is 32.1. The molecule has 0 spiro atoms. The van der Waals surface area contributed by atoms with Gasteiger partial charge in [0, 0.05) is 31.2 Å². The number of nitrogens with one attached hydrogen (secondary N) is 2. The van der Waals surface area contributed by atoms with Crippen LogP contribution in [0.25, 0.3) is 0 Å². The van der Waals surface area contributed by atoms with Gasteiger partial charge < -0.3 is 10.6 Å². The molecule has 1 aromatic heterocycles. The van der Waals surface area contributed by atoms with Gasteiger partial charge in [0.2, 0.25) is 5.91 Å². The van der Waals surface area contributed by atoms with E-state index in [9.17, 15) is 4.79 Å². The zero-order valence-electron chi connectivity index (χ0n) is 11.9. The van der Waals surface area contributed by atoms with Crippen LogP contribution in [0.5, 0.6) is 0 Å². The summed E-state index contributed by atoms with van der Waals surface area (Å²) in [7, 11) is 0. The molecule has 0 aliphatic rings. The Morgan fingerprint density at radius 3 is 2.79 bits per heavy atom. The minimum absolute atomic E-state index is 0.0515. The van der Waals surface area contributed by atoms with Gasteiger partial charge in [0.25, 0.3) is 0 Å².